The van der Waals surface area contributed by atoms with Crippen LogP contribution in [0.25, 0.3) is 0 Å². The van der Waals surface area contributed by atoms with Gasteiger partial charge in [0.15, 0.2) is 0 Å². The van der Waals surface area contributed by atoms with Crippen LogP contribution in [0.1, 0.15) is 5.56 Å². The molecule has 4 nitrogen and oxygen atoms in total. The van der Waals surface area contributed by atoms with Crippen molar-refractivity contribution in [2.24, 2.45) is 5.22 Å². The van der Waals surface area contributed by atoms with Crippen LogP contribution in [0.2, 0.25) is 0 Å². The second-order valence-electron chi connectivity index (χ2n) is 2.55. The number of aryl methyl sites for hydroxylation is 1. The Morgan fingerprint density at radius 3 is 2.83 bits per heavy atom. The quantitative estimate of drug-likeness (QED) is 0.413. The van der Waals surface area contributed by atoms with Crippen LogP contribution in [0.15, 0.2) is 29.5 Å². The van der Waals surface area contributed by atoms with E-state index in [1.807, 2.05) is 31.2 Å². The van der Waals surface area contributed by atoms with Crippen molar-refractivity contribution in [3.63, 3.8) is 0 Å². The molecule has 1 rings (SSSR count). The number of hydrogen-bond donors (Lipinski definition) is 1. The summed E-state index contributed by atoms with van der Waals surface area (Å²) in [6, 6.07) is 7.64. The van der Waals surface area contributed by atoms with E-state index in [0.29, 0.717) is 4.86 Å². The lowest BCUT2D eigenvalue weighted by Gasteiger charge is -1.98. The maximum absolute atomic E-state index is 10.4. The van der Waals surface area contributed by atoms with E-state index in [1.165, 1.54) is 7.05 Å². The lowest BCUT2D eigenvalue weighted by atomic mass is 10.2. The molecular weight excluding hydrogens is 154 g/mol. The van der Waals surface area contributed by atoms with Gasteiger partial charge in [-0.3, -0.25) is 0 Å². The fourth-order valence-corrected chi connectivity index (χ4v) is 0.843. The van der Waals surface area contributed by atoms with Crippen LogP contribution in [-0.4, -0.2) is 11.9 Å². The van der Waals surface area contributed by atoms with Gasteiger partial charge in [-0.15, -0.1) is 5.43 Å². The molecule has 0 saturated heterocycles. The van der Waals surface area contributed by atoms with Crippen molar-refractivity contribution < 1.29 is 4.86 Å². The van der Waals surface area contributed by atoms with E-state index in [1.54, 1.807) is 0 Å². The van der Waals surface area contributed by atoms with Gasteiger partial charge in [0.1, 0.15) is 12.7 Å². The van der Waals surface area contributed by atoms with Gasteiger partial charge in [-0.25, -0.2) is 0 Å². The third-order valence-corrected chi connectivity index (χ3v) is 1.34. The topological polar surface area (TPSA) is 50.5 Å². The standard InChI is InChI=1S/C8H11N3O/c1-7-4-3-5-8(6-7)9-10-11(2)12/h3-6,9H,1-2H3/b11-10-. The minimum absolute atomic E-state index is 0.475. The van der Waals surface area contributed by atoms with Crippen molar-refractivity contribution in [1.29, 1.82) is 0 Å². The Bertz CT molecular complexity index is 292. The number of nitrogens with zero attached hydrogens (tertiary/aromatic N) is 2. The molecule has 0 saturated carbocycles. The Kier molecular flexibility index (Phi) is 2.63. The number of hydroxylamine groups is 1. The smallest absolute Gasteiger partial charge is 0.147 e. The van der Waals surface area contributed by atoms with Gasteiger partial charge in [-0.2, -0.15) is 4.86 Å². The molecule has 0 aliphatic rings. The molecule has 0 radical (unpaired) electrons. The predicted octanol–water partition coefficient (Wildman–Crippen LogP) is 1.91. The highest BCUT2D eigenvalue weighted by molar-refractivity contribution is 5.44. The second kappa shape index (κ2) is 3.71. The van der Waals surface area contributed by atoms with Crippen LogP contribution < -0.4 is 5.43 Å². The second-order valence-corrected chi connectivity index (χ2v) is 2.55. The molecule has 0 bridgehead atoms. The average Bonchev–Trinajstić information content (AvgIpc) is 2.01. The maximum atomic E-state index is 10.4. The fourth-order valence-electron chi connectivity index (χ4n) is 0.843. The van der Waals surface area contributed by atoms with Crippen LogP contribution in [0.3, 0.4) is 0 Å². The lowest BCUT2D eigenvalue weighted by molar-refractivity contribution is -0.497. The summed E-state index contributed by atoms with van der Waals surface area (Å²) in [5.41, 5.74) is 4.57. The Balaban J connectivity index is 2.70. The third kappa shape index (κ3) is 2.57. The summed E-state index contributed by atoms with van der Waals surface area (Å²) in [5.74, 6) is 0. The van der Waals surface area contributed by atoms with Crippen molar-refractivity contribution in [1.82, 2.24) is 0 Å². The van der Waals surface area contributed by atoms with E-state index in [2.05, 4.69) is 10.6 Å². The maximum Gasteiger partial charge on any atom is 0.147 e. The highest BCUT2D eigenvalue weighted by Gasteiger charge is 1.93. The number of anilines is 1. The van der Waals surface area contributed by atoms with Gasteiger partial charge in [0.05, 0.1) is 5.22 Å². The van der Waals surface area contributed by atoms with Crippen molar-refractivity contribution in [2.45, 2.75) is 6.92 Å². The highest BCUT2D eigenvalue weighted by atomic mass is 16.5. The first-order valence-electron chi connectivity index (χ1n) is 3.62. The lowest BCUT2D eigenvalue weighted by Crippen LogP contribution is -1.96. The molecule has 4 heteroatoms. The van der Waals surface area contributed by atoms with Crippen LogP contribution in [0, 0.1) is 12.1 Å². The van der Waals surface area contributed by atoms with E-state index in [-0.39, 0.29) is 0 Å². The molecule has 0 aliphatic heterocycles. The Hall–Kier alpha value is -1.58. The molecule has 0 aliphatic carbocycles. The summed E-state index contributed by atoms with van der Waals surface area (Å²) >= 11 is 0. The molecule has 1 aromatic rings. The zero-order valence-electron chi connectivity index (χ0n) is 7.11. The van der Waals surface area contributed by atoms with E-state index in [4.69, 9.17) is 0 Å². The summed E-state index contributed by atoms with van der Waals surface area (Å²) in [4.78, 5) is 0.475. The highest BCUT2D eigenvalue weighted by Crippen LogP contribution is 2.08. The van der Waals surface area contributed by atoms with E-state index < -0.39 is 0 Å². The van der Waals surface area contributed by atoms with Crippen molar-refractivity contribution in [3.05, 3.63) is 35.0 Å². The molecule has 1 N–H and O–H groups in total. The Labute approximate surface area is 71.1 Å². The summed E-state index contributed by atoms with van der Waals surface area (Å²) in [6.45, 7) is 1.98. The molecular formula is C8H11N3O. The first kappa shape index (κ1) is 8.52. The molecule has 0 unspecified atom stereocenters. The van der Waals surface area contributed by atoms with Crippen LogP contribution in [0.5, 0.6) is 0 Å². The molecule has 0 atom stereocenters. The van der Waals surface area contributed by atoms with Crippen molar-refractivity contribution in [2.75, 3.05) is 12.5 Å². The molecule has 0 amide bonds. The first-order valence-corrected chi connectivity index (χ1v) is 3.62. The average molecular weight is 165 g/mol. The monoisotopic (exact) mass is 165 g/mol. The number of nitrogens with one attached hydrogen (secondary N) is 1. The van der Waals surface area contributed by atoms with Crippen molar-refractivity contribution in [3.8, 4) is 0 Å². The Morgan fingerprint density at radius 2 is 2.25 bits per heavy atom. The van der Waals surface area contributed by atoms with Gasteiger partial charge in [0.25, 0.3) is 0 Å². The van der Waals surface area contributed by atoms with E-state index in [0.717, 1.165) is 11.3 Å². The molecule has 0 heterocycles. The normalized spacial score (nSPS) is 11.3. The predicted molar refractivity (Wildman–Crippen MR) is 46.8 cm³/mol. The van der Waals surface area contributed by atoms with Crippen LogP contribution >= 0.6 is 0 Å². The van der Waals surface area contributed by atoms with Gasteiger partial charge in [0, 0.05) is 0 Å². The molecule has 0 aromatic heterocycles. The summed E-state index contributed by atoms with van der Waals surface area (Å²) < 4.78 is 0. The van der Waals surface area contributed by atoms with Crippen LogP contribution in [-0.2, 0) is 0 Å². The molecule has 0 spiro atoms. The Morgan fingerprint density at radius 1 is 1.50 bits per heavy atom. The van der Waals surface area contributed by atoms with Gasteiger partial charge in [-0.1, -0.05) is 12.1 Å². The summed E-state index contributed by atoms with van der Waals surface area (Å²) in [7, 11) is 1.32. The van der Waals surface area contributed by atoms with E-state index >= 15 is 0 Å². The molecule has 0 fully saturated rings. The van der Waals surface area contributed by atoms with Gasteiger partial charge in [-0.05, 0) is 24.6 Å². The van der Waals surface area contributed by atoms with E-state index in [9.17, 15) is 5.21 Å². The first-order chi connectivity index (χ1) is 5.68. The molecule has 12 heavy (non-hydrogen) atoms. The summed E-state index contributed by atoms with van der Waals surface area (Å²) in [6.07, 6.45) is 0. The molecule has 64 valence electrons. The number of benzene rings is 1. The summed E-state index contributed by atoms with van der Waals surface area (Å²) in [5, 5.41) is 13.9. The zero-order chi connectivity index (χ0) is 8.97. The van der Waals surface area contributed by atoms with Crippen molar-refractivity contribution >= 4 is 5.69 Å². The number of rotatable bonds is 2. The fraction of sp³-hybridized carbons (Fsp3) is 0.250. The minimum atomic E-state index is 0.475. The van der Waals surface area contributed by atoms with Gasteiger partial charge < -0.3 is 5.21 Å². The van der Waals surface area contributed by atoms with Crippen LogP contribution in [0.4, 0.5) is 5.69 Å². The minimum Gasteiger partial charge on any atom is -0.696 e. The largest absolute Gasteiger partial charge is 0.696 e. The van der Waals surface area contributed by atoms with Gasteiger partial charge >= 0.3 is 0 Å². The number of hydrogen-bond acceptors (Lipinski definition) is 2. The molecule has 1 aromatic carbocycles. The zero-order valence-corrected chi connectivity index (χ0v) is 7.11. The third-order valence-electron chi connectivity index (χ3n) is 1.34. The van der Waals surface area contributed by atoms with Gasteiger partial charge in [0.2, 0.25) is 0 Å². The SMILES string of the molecule is Cc1cccc(N/N=[N+](/C)[O-])c1.